The minimum absolute atomic E-state index is 0.0536. The molecule has 0 amide bonds. The molecule has 1 aliphatic heterocycles. The van der Waals surface area contributed by atoms with Gasteiger partial charge < -0.3 is 14.0 Å². The van der Waals surface area contributed by atoms with Gasteiger partial charge in [0.15, 0.2) is 6.54 Å². The summed E-state index contributed by atoms with van der Waals surface area (Å²) in [5.41, 5.74) is 0. The Labute approximate surface area is 180 Å². The van der Waals surface area contributed by atoms with Gasteiger partial charge in [0.2, 0.25) is 0 Å². The zero-order valence-electron chi connectivity index (χ0n) is 19.5. The van der Waals surface area contributed by atoms with Crippen LogP contribution in [-0.2, 0) is 14.3 Å². The molecule has 1 fully saturated rings. The van der Waals surface area contributed by atoms with Gasteiger partial charge in [0, 0.05) is 0 Å². The Morgan fingerprint density at radius 3 is 1.93 bits per heavy atom. The molecule has 0 saturated carbocycles. The molecule has 0 atom stereocenters. The van der Waals surface area contributed by atoms with E-state index < -0.39 is 0 Å². The van der Waals surface area contributed by atoms with Crippen LogP contribution in [0.1, 0.15) is 96.8 Å². The Morgan fingerprint density at radius 1 is 0.828 bits per heavy atom. The van der Waals surface area contributed by atoms with Crippen molar-refractivity contribution in [3.8, 4) is 0 Å². The molecule has 0 spiro atoms. The SMILES string of the molecule is CCCCCCCCC=CCCCCCCCCOC(=O)C[N+]1(C)CCOCC1. The lowest BCUT2D eigenvalue weighted by Gasteiger charge is -2.36. The number of esters is 1. The average molecular weight is 411 g/mol. The lowest BCUT2D eigenvalue weighted by Crippen LogP contribution is -2.54. The molecular formula is C25H48NO3+. The second kappa shape index (κ2) is 17.9. The molecule has 29 heavy (non-hydrogen) atoms. The molecule has 0 aromatic heterocycles. The molecule has 0 radical (unpaired) electrons. The predicted octanol–water partition coefficient (Wildman–Crippen LogP) is 6.04. The van der Waals surface area contributed by atoms with E-state index in [-0.39, 0.29) is 5.97 Å². The number of allylic oxidation sites excluding steroid dienone is 2. The minimum Gasteiger partial charge on any atom is -0.462 e. The van der Waals surface area contributed by atoms with E-state index in [2.05, 4.69) is 26.1 Å². The largest absolute Gasteiger partial charge is 0.462 e. The molecule has 0 bridgehead atoms. The van der Waals surface area contributed by atoms with E-state index in [0.717, 1.165) is 37.2 Å². The van der Waals surface area contributed by atoms with Gasteiger partial charge in [-0.1, -0.05) is 76.9 Å². The number of quaternary nitrogens is 1. The van der Waals surface area contributed by atoms with E-state index in [1.54, 1.807) is 0 Å². The van der Waals surface area contributed by atoms with Gasteiger partial charge in [0.05, 0.1) is 26.9 Å². The van der Waals surface area contributed by atoms with Crippen LogP contribution in [0.4, 0.5) is 0 Å². The summed E-state index contributed by atoms with van der Waals surface area (Å²) in [5.74, 6) is -0.0536. The van der Waals surface area contributed by atoms with E-state index >= 15 is 0 Å². The van der Waals surface area contributed by atoms with Gasteiger partial charge in [-0.05, 0) is 32.1 Å². The number of morpholine rings is 1. The molecule has 170 valence electrons. The zero-order chi connectivity index (χ0) is 21.0. The maximum atomic E-state index is 12.0. The monoisotopic (exact) mass is 410 g/mol. The number of likely N-dealkylation sites (N-methyl/N-ethyl adjacent to an activating group) is 1. The molecule has 1 aliphatic rings. The van der Waals surface area contributed by atoms with E-state index in [9.17, 15) is 4.79 Å². The molecule has 4 heteroatoms. The second-order valence-corrected chi connectivity index (χ2v) is 9.00. The Kier molecular flexibility index (Phi) is 16.2. The number of unbranched alkanes of at least 4 members (excludes halogenated alkanes) is 12. The number of ether oxygens (including phenoxy) is 2. The van der Waals surface area contributed by atoms with Crippen molar-refractivity contribution in [1.82, 2.24) is 0 Å². The lowest BCUT2D eigenvalue weighted by molar-refractivity contribution is -0.910. The summed E-state index contributed by atoms with van der Waals surface area (Å²) in [7, 11) is 2.12. The van der Waals surface area contributed by atoms with Gasteiger partial charge in [-0.15, -0.1) is 0 Å². The van der Waals surface area contributed by atoms with Crippen LogP contribution >= 0.6 is 0 Å². The quantitative estimate of drug-likeness (QED) is 0.119. The molecule has 1 heterocycles. The number of nitrogens with zero attached hydrogens (tertiary/aromatic N) is 1. The van der Waals surface area contributed by atoms with Crippen LogP contribution < -0.4 is 0 Å². The first-order chi connectivity index (χ1) is 14.2. The normalized spacial score (nSPS) is 16.3. The molecule has 0 aromatic rings. The van der Waals surface area contributed by atoms with Crippen molar-refractivity contribution in [2.75, 3.05) is 46.5 Å². The van der Waals surface area contributed by atoms with Crippen LogP contribution in [0.15, 0.2) is 12.2 Å². The summed E-state index contributed by atoms with van der Waals surface area (Å²) in [6, 6.07) is 0. The van der Waals surface area contributed by atoms with E-state index in [1.165, 1.54) is 83.5 Å². The summed E-state index contributed by atoms with van der Waals surface area (Å²) in [6.45, 7) is 6.64. The van der Waals surface area contributed by atoms with Crippen molar-refractivity contribution in [3.05, 3.63) is 12.2 Å². The van der Waals surface area contributed by atoms with Gasteiger partial charge in [0.25, 0.3) is 0 Å². The van der Waals surface area contributed by atoms with Gasteiger partial charge >= 0.3 is 5.97 Å². The van der Waals surface area contributed by atoms with Crippen LogP contribution in [-0.4, -0.2) is 57.0 Å². The Hall–Kier alpha value is -0.870. The van der Waals surface area contributed by atoms with Crippen LogP contribution in [0.25, 0.3) is 0 Å². The highest BCUT2D eigenvalue weighted by atomic mass is 16.5. The first-order valence-corrected chi connectivity index (χ1v) is 12.4. The fourth-order valence-corrected chi connectivity index (χ4v) is 3.83. The summed E-state index contributed by atoms with van der Waals surface area (Å²) >= 11 is 0. The molecule has 0 N–H and O–H groups in total. The summed E-state index contributed by atoms with van der Waals surface area (Å²) in [6.07, 6.45) is 22.9. The second-order valence-electron chi connectivity index (χ2n) is 9.00. The van der Waals surface area contributed by atoms with Crippen molar-refractivity contribution >= 4 is 5.97 Å². The zero-order valence-corrected chi connectivity index (χ0v) is 19.5. The average Bonchev–Trinajstić information content (AvgIpc) is 2.70. The summed E-state index contributed by atoms with van der Waals surface area (Å²) in [4.78, 5) is 12.0. The van der Waals surface area contributed by atoms with Crippen molar-refractivity contribution < 1.29 is 18.8 Å². The molecule has 4 nitrogen and oxygen atoms in total. The maximum absolute atomic E-state index is 12.0. The molecule has 0 aliphatic carbocycles. The van der Waals surface area contributed by atoms with Crippen LogP contribution in [0.2, 0.25) is 0 Å². The standard InChI is InChI=1S/C25H48NO3/c1-3-4-5-6-7-8-9-10-11-12-13-14-15-16-17-18-21-29-25(27)24-26(2)19-22-28-23-20-26/h10-11H,3-9,12-24H2,1-2H3/q+1. The Balaban J connectivity index is 1.80. The first-order valence-electron chi connectivity index (χ1n) is 12.4. The highest BCUT2D eigenvalue weighted by molar-refractivity contribution is 5.70. The highest BCUT2D eigenvalue weighted by Gasteiger charge is 2.28. The molecular weight excluding hydrogens is 362 g/mol. The predicted molar refractivity (Wildman–Crippen MR) is 122 cm³/mol. The third kappa shape index (κ3) is 15.6. The summed E-state index contributed by atoms with van der Waals surface area (Å²) < 4.78 is 11.6. The van der Waals surface area contributed by atoms with Crippen LogP contribution in [0.3, 0.4) is 0 Å². The van der Waals surface area contributed by atoms with E-state index in [4.69, 9.17) is 9.47 Å². The lowest BCUT2D eigenvalue weighted by atomic mass is 10.1. The molecule has 0 unspecified atom stereocenters. The van der Waals surface area contributed by atoms with Crippen LogP contribution in [0.5, 0.6) is 0 Å². The smallest absolute Gasteiger partial charge is 0.361 e. The number of hydrogen-bond acceptors (Lipinski definition) is 3. The fraction of sp³-hybridized carbons (Fsp3) is 0.880. The molecule has 1 rings (SSSR count). The first kappa shape index (κ1) is 26.2. The Bertz CT molecular complexity index is 416. The number of carbonyl (C=O) groups is 1. The third-order valence-corrected chi connectivity index (χ3v) is 5.98. The molecule has 0 aromatic carbocycles. The van der Waals surface area contributed by atoms with Gasteiger partial charge in [0.1, 0.15) is 13.1 Å². The van der Waals surface area contributed by atoms with Gasteiger partial charge in [-0.3, -0.25) is 0 Å². The van der Waals surface area contributed by atoms with E-state index in [1.807, 2.05) is 0 Å². The van der Waals surface area contributed by atoms with Gasteiger partial charge in [-0.25, -0.2) is 4.79 Å². The summed E-state index contributed by atoms with van der Waals surface area (Å²) in [5, 5.41) is 0. The highest BCUT2D eigenvalue weighted by Crippen LogP contribution is 2.11. The molecule has 1 saturated heterocycles. The van der Waals surface area contributed by atoms with Gasteiger partial charge in [-0.2, -0.15) is 0 Å². The maximum Gasteiger partial charge on any atom is 0.361 e. The minimum atomic E-state index is -0.0536. The number of rotatable bonds is 18. The Morgan fingerprint density at radius 2 is 1.34 bits per heavy atom. The van der Waals surface area contributed by atoms with Crippen LogP contribution in [0, 0.1) is 0 Å². The number of carbonyl (C=O) groups excluding carboxylic acids is 1. The van der Waals surface area contributed by atoms with E-state index in [0.29, 0.717) is 13.2 Å². The van der Waals surface area contributed by atoms with Crippen molar-refractivity contribution in [3.63, 3.8) is 0 Å². The van der Waals surface area contributed by atoms with Crippen molar-refractivity contribution in [2.45, 2.75) is 96.8 Å². The topological polar surface area (TPSA) is 35.5 Å². The van der Waals surface area contributed by atoms with Crippen molar-refractivity contribution in [1.29, 1.82) is 0 Å². The number of hydrogen-bond donors (Lipinski definition) is 0. The fourth-order valence-electron chi connectivity index (χ4n) is 3.83. The van der Waals surface area contributed by atoms with Crippen molar-refractivity contribution in [2.24, 2.45) is 0 Å². The third-order valence-electron chi connectivity index (χ3n) is 5.98.